The van der Waals surface area contributed by atoms with Gasteiger partial charge in [-0.15, -0.1) is 0 Å². The SMILES string of the molecule is COc1cc(CCN(C)CNN)c(OC)cc1C. The van der Waals surface area contributed by atoms with Gasteiger partial charge in [0.05, 0.1) is 20.9 Å². The largest absolute Gasteiger partial charge is 0.496 e. The Labute approximate surface area is 109 Å². The van der Waals surface area contributed by atoms with Gasteiger partial charge in [0.1, 0.15) is 11.5 Å². The van der Waals surface area contributed by atoms with Crippen molar-refractivity contribution in [3.8, 4) is 11.5 Å². The van der Waals surface area contributed by atoms with E-state index in [2.05, 4.69) is 10.3 Å². The number of nitrogens with zero attached hydrogens (tertiary/aromatic N) is 1. The minimum absolute atomic E-state index is 0.658. The van der Waals surface area contributed by atoms with Crippen molar-refractivity contribution in [2.45, 2.75) is 13.3 Å². The van der Waals surface area contributed by atoms with Crippen molar-refractivity contribution in [2.24, 2.45) is 5.84 Å². The van der Waals surface area contributed by atoms with Crippen molar-refractivity contribution in [3.05, 3.63) is 23.3 Å². The van der Waals surface area contributed by atoms with Gasteiger partial charge in [-0.2, -0.15) is 0 Å². The van der Waals surface area contributed by atoms with Crippen LogP contribution in [0.3, 0.4) is 0 Å². The summed E-state index contributed by atoms with van der Waals surface area (Å²) in [5.74, 6) is 7.08. The Morgan fingerprint density at radius 1 is 1.22 bits per heavy atom. The summed E-state index contributed by atoms with van der Waals surface area (Å²) in [5, 5.41) is 0. The van der Waals surface area contributed by atoms with Gasteiger partial charge in [-0.25, -0.2) is 5.43 Å². The fraction of sp³-hybridized carbons (Fsp3) is 0.538. The highest BCUT2D eigenvalue weighted by atomic mass is 16.5. The Kier molecular flexibility index (Phi) is 5.91. The van der Waals surface area contributed by atoms with Crippen LogP contribution in [0.4, 0.5) is 0 Å². The number of nitrogens with two attached hydrogens (primary N) is 1. The molecular formula is C13H23N3O2. The smallest absolute Gasteiger partial charge is 0.122 e. The lowest BCUT2D eigenvalue weighted by atomic mass is 10.1. The fourth-order valence-electron chi connectivity index (χ4n) is 1.86. The maximum Gasteiger partial charge on any atom is 0.122 e. The normalized spacial score (nSPS) is 10.8. The molecule has 0 saturated heterocycles. The number of hydrogen-bond donors (Lipinski definition) is 2. The van der Waals surface area contributed by atoms with Gasteiger partial charge < -0.3 is 9.47 Å². The van der Waals surface area contributed by atoms with Crippen molar-refractivity contribution < 1.29 is 9.47 Å². The summed E-state index contributed by atoms with van der Waals surface area (Å²) < 4.78 is 10.7. The van der Waals surface area contributed by atoms with Crippen LogP contribution in [-0.2, 0) is 6.42 Å². The fourth-order valence-corrected chi connectivity index (χ4v) is 1.86. The number of methoxy groups -OCH3 is 2. The molecule has 0 radical (unpaired) electrons. The quantitative estimate of drug-likeness (QED) is 0.430. The molecule has 0 spiro atoms. The van der Waals surface area contributed by atoms with E-state index in [-0.39, 0.29) is 0 Å². The van der Waals surface area contributed by atoms with Crippen molar-refractivity contribution in [1.29, 1.82) is 0 Å². The summed E-state index contributed by atoms with van der Waals surface area (Å²) in [5.41, 5.74) is 4.86. The van der Waals surface area contributed by atoms with E-state index in [9.17, 15) is 0 Å². The van der Waals surface area contributed by atoms with Crippen LogP contribution in [0, 0.1) is 6.92 Å². The van der Waals surface area contributed by atoms with Crippen LogP contribution in [0.25, 0.3) is 0 Å². The number of hydrazine groups is 1. The molecule has 0 aliphatic carbocycles. The summed E-state index contributed by atoms with van der Waals surface area (Å²) in [4.78, 5) is 2.10. The van der Waals surface area contributed by atoms with E-state index in [1.165, 1.54) is 0 Å². The highest BCUT2D eigenvalue weighted by Crippen LogP contribution is 2.28. The second-order valence-corrected chi connectivity index (χ2v) is 4.33. The minimum Gasteiger partial charge on any atom is -0.496 e. The second kappa shape index (κ2) is 7.20. The summed E-state index contributed by atoms with van der Waals surface area (Å²) in [7, 11) is 5.39. The summed E-state index contributed by atoms with van der Waals surface area (Å²) in [6.07, 6.45) is 0.887. The number of hydrogen-bond acceptors (Lipinski definition) is 5. The molecule has 1 aromatic rings. The maximum absolute atomic E-state index is 5.40. The predicted octanol–water partition coefficient (Wildman–Crippen LogP) is 0.907. The van der Waals surface area contributed by atoms with Crippen molar-refractivity contribution >= 4 is 0 Å². The van der Waals surface area contributed by atoms with Gasteiger partial charge in [-0.1, -0.05) is 0 Å². The molecule has 3 N–H and O–H groups in total. The van der Waals surface area contributed by atoms with Crippen LogP contribution in [0.1, 0.15) is 11.1 Å². The van der Waals surface area contributed by atoms with Gasteiger partial charge in [0, 0.05) is 6.54 Å². The number of ether oxygens (including phenoxy) is 2. The average Bonchev–Trinajstić information content (AvgIpc) is 2.37. The Hall–Kier alpha value is -1.30. The topological polar surface area (TPSA) is 59.8 Å². The molecule has 0 atom stereocenters. The zero-order valence-corrected chi connectivity index (χ0v) is 11.6. The van der Waals surface area contributed by atoms with Gasteiger partial charge in [-0.05, 0) is 43.7 Å². The van der Waals surface area contributed by atoms with Crippen molar-refractivity contribution in [3.63, 3.8) is 0 Å². The number of aryl methyl sites for hydroxylation is 1. The van der Waals surface area contributed by atoms with Crippen LogP contribution in [0.5, 0.6) is 11.5 Å². The first kappa shape index (κ1) is 14.8. The zero-order chi connectivity index (χ0) is 13.5. The van der Waals surface area contributed by atoms with Crippen LogP contribution in [0.2, 0.25) is 0 Å². The summed E-state index contributed by atoms with van der Waals surface area (Å²) >= 11 is 0. The zero-order valence-electron chi connectivity index (χ0n) is 11.6. The molecular weight excluding hydrogens is 230 g/mol. The summed E-state index contributed by atoms with van der Waals surface area (Å²) in [6, 6.07) is 4.05. The first-order valence-corrected chi connectivity index (χ1v) is 5.95. The molecule has 0 aliphatic heterocycles. The number of rotatable bonds is 7. The highest BCUT2D eigenvalue weighted by molar-refractivity contribution is 5.46. The number of nitrogens with one attached hydrogen (secondary N) is 1. The molecule has 1 aromatic carbocycles. The Balaban J connectivity index is 2.79. The Bertz CT molecular complexity index is 383. The molecule has 0 amide bonds. The van der Waals surface area contributed by atoms with Gasteiger partial charge in [0.15, 0.2) is 0 Å². The summed E-state index contributed by atoms with van der Waals surface area (Å²) in [6.45, 7) is 3.56. The van der Waals surface area contributed by atoms with Crippen LogP contribution in [-0.4, -0.2) is 39.4 Å². The minimum atomic E-state index is 0.658. The van der Waals surface area contributed by atoms with Gasteiger partial charge in [-0.3, -0.25) is 10.7 Å². The van der Waals surface area contributed by atoms with Crippen LogP contribution < -0.4 is 20.7 Å². The maximum atomic E-state index is 5.40. The van der Waals surface area contributed by atoms with E-state index in [0.29, 0.717) is 6.67 Å². The molecule has 1 rings (SSSR count). The molecule has 18 heavy (non-hydrogen) atoms. The van der Waals surface area contributed by atoms with E-state index in [0.717, 1.165) is 35.6 Å². The lowest BCUT2D eigenvalue weighted by Gasteiger charge is -2.17. The monoisotopic (exact) mass is 253 g/mol. The van der Waals surface area contributed by atoms with E-state index in [1.807, 2.05) is 26.1 Å². The predicted molar refractivity (Wildman–Crippen MR) is 72.8 cm³/mol. The second-order valence-electron chi connectivity index (χ2n) is 4.33. The molecule has 5 nitrogen and oxygen atoms in total. The van der Waals surface area contributed by atoms with Gasteiger partial charge >= 0.3 is 0 Å². The van der Waals surface area contributed by atoms with E-state index in [1.54, 1.807) is 14.2 Å². The van der Waals surface area contributed by atoms with Crippen LogP contribution in [0.15, 0.2) is 12.1 Å². The van der Waals surface area contributed by atoms with E-state index in [4.69, 9.17) is 15.3 Å². The van der Waals surface area contributed by atoms with Crippen LogP contribution >= 0.6 is 0 Å². The molecule has 0 bridgehead atoms. The third-order valence-electron chi connectivity index (χ3n) is 2.92. The van der Waals surface area contributed by atoms with Crippen molar-refractivity contribution in [2.75, 3.05) is 34.5 Å². The van der Waals surface area contributed by atoms with E-state index >= 15 is 0 Å². The Morgan fingerprint density at radius 3 is 2.44 bits per heavy atom. The molecule has 0 heterocycles. The molecule has 0 fully saturated rings. The third kappa shape index (κ3) is 3.87. The lowest BCUT2D eigenvalue weighted by Crippen LogP contribution is -2.36. The number of benzene rings is 1. The standard InChI is InChI=1S/C13H23N3O2/c1-10-7-13(18-4)11(8-12(10)17-3)5-6-16(2)9-15-14/h7-8,15H,5-6,9,14H2,1-4H3. The number of likely N-dealkylation sites (N-methyl/N-ethyl adjacent to an activating group) is 1. The Morgan fingerprint density at radius 2 is 1.89 bits per heavy atom. The van der Waals surface area contributed by atoms with Gasteiger partial charge in [0.25, 0.3) is 0 Å². The molecule has 0 aromatic heterocycles. The highest BCUT2D eigenvalue weighted by Gasteiger charge is 2.09. The third-order valence-corrected chi connectivity index (χ3v) is 2.92. The van der Waals surface area contributed by atoms with E-state index < -0.39 is 0 Å². The molecule has 102 valence electrons. The molecule has 0 unspecified atom stereocenters. The molecule has 0 aliphatic rings. The first-order chi connectivity index (χ1) is 8.62. The van der Waals surface area contributed by atoms with Gasteiger partial charge in [0.2, 0.25) is 0 Å². The molecule has 0 saturated carbocycles. The van der Waals surface area contributed by atoms with Crippen molar-refractivity contribution in [1.82, 2.24) is 10.3 Å². The first-order valence-electron chi connectivity index (χ1n) is 5.95. The lowest BCUT2D eigenvalue weighted by molar-refractivity contribution is 0.310. The average molecular weight is 253 g/mol. The molecule has 5 heteroatoms.